The summed E-state index contributed by atoms with van der Waals surface area (Å²) in [5, 5.41) is 2.30. The highest BCUT2D eigenvalue weighted by Gasteiger charge is 2.52. The third-order valence-electron chi connectivity index (χ3n) is 13.6. The second kappa shape index (κ2) is 31.7. The van der Waals surface area contributed by atoms with Gasteiger partial charge in [-0.1, -0.05) is 161 Å². The smallest absolute Gasteiger partial charge is 0.200 e. The molecule has 0 radical (unpaired) electrons. The van der Waals surface area contributed by atoms with Crippen molar-refractivity contribution in [2.24, 2.45) is 0 Å². The minimum Gasteiger partial charge on any atom is -0.349 e. The van der Waals surface area contributed by atoms with Gasteiger partial charge in [0.2, 0.25) is 0 Å². The first-order valence-corrected chi connectivity index (χ1v) is 25.6. The third-order valence-corrected chi connectivity index (χ3v) is 13.6. The number of benzene rings is 4. The number of quaternary nitrogens is 1. The maximum absolute atomic E-state index is 15.4. The van der Waals surface area contributed by atoms with Crippen LogP contribution in [0, 0.1) is 116 Å². The van der Waals surface area contributed by atoms with Gasteiger partial charge in [-0.3, -0.25) is 0 Å². The predicted octanol–water partition coefficient (Wildman–Crippen LogP) is 15.2. The van der Waals surface area contributed by atoms with Gasteiger partial charge in [0.15, 0.2) is 69.8 Å². The Morgan fingerprint density at radius 3 is 0.493 bits per heavy atom. The molecule has 2 N–H and O–H groups in total. The van der Waals surface area contributed by atoms with Crippen LogP contribution >= 0.6 is 0 Å². The molecule has 0 amide bonds. The van der Waals surface area contributed by atoms with E-state index < -0.39 is 144 Å². The average Bonchev–Trinajstić information content (AvgIpc) is 3.39. The van der Waals surface area contributed by atoms with Crippen molar-refractivity contribution in [2.45, 2.75) is 174 Å². The molecule has 0 aromatic heterocycles. The summed E-state index contributed by atoms with van der Waals surface area (Å²) in [6, 6.07) is 0. The standard InChI is InChI=1S/C29H61N.C24BF20/c1-3-4-5-6-7-8-9-10-11-12-13-14-15-16-17-18-19-20-21-22-23-24-25-26-27-28-29-30-2;26-5-1(6(27)14(35)21(42)13(5)34)25(2-7(28)15(36)22(43)16(37)8(2)29,3-9(30)17(38)23(44)18(39)10(3)31)4-11(32)19(40)24(45)20(41)12(4)33/h30H,3-29H2,1-2H3;/q;-1/p+1. The molecule has 0 heterocycles. The lowest BCUT2D eigenvalue weighted by Gasteiger charge is -2.44. The largest absolute Gasteiger partial charge is 0.349 e. The van der Waals surface area contributed by atoms with Gasteiger partial charge in [0, 0.05) is 0 Å². The number of rotatable bonds is 31. The zero-order valence-electron chi connectivity index (χ0n) is 41.8. The Bertz CT molecular complexity index is 2060. The molecule has 0 aliphatic carbocycles. The summed E-state index contributed by atoms with van der Waals surface area (Å²) in [7, 11) is 2.18. The van der Waals surface area contributed by atoms with E-state index in [0.717, 1.165) is 0 Å². The van der Waals surface area contributed by atoms with Crippen molar-refractivity contribution in [3.63, 3.8) is 0 Å². The molecule has 75 heavy (non-hydrogen) atoms. The minimum absolute atomic E-state index is 1.32. The van der Waals surface area contributed by atoms with Gasteiger partial charge in [-0.25, -0.2) is 87.8 Å². The summed E-state index contributed by atoms with van der Waals surface area (Å²) in [5.74, 6) is -71.4. The van der Waals surface area contributed by atoms with Crippen LogP contribution in [-0.2, 0) is 0 Å². The Hall–Kier alpha value is -4.50. The fourth-order valence-corrected chi connectivity index (χ4v) is 9.54. The molecule has 0 fully saturated rings. The highest BCUT2D eigenvalue weighted by Crippen LogP contribution is 2.31. The van der Waals surface area contributed by atoms with Crippen molar-refractivity contribution in [3.05, 3.63) is 116 Å². The zero-order valence-corrected chi connectivity index (χ0v) is 41.8. The molecule has 0 atom stereocenters. The van der Waals surface area contributed by atoms with Gasteiger partial charge in [0.05, 0.1) is 13.6 Å². The molecule has 0 aliphatic rings. The van der Waals surface area contributed by atoms with Gasteiger partial charge in [0.25, 0.3) is 0 Å². The van der Waals surface area contributed by atoms with E-state index in [1.54, 1.807) is 0 Å². The van der Waals surface area contributed by atoms with E-state index in [4.69, 9.17) is 0 Å². The molecule has 0 unspecified atom stereocenters. The monoisotopic (exact) mass is 1100 g/mol. The number of unbranched alkanes of at least 4 members (excludes halogenated alkanes) is 25. The third kappa shape index (κ3) is 15.6. The summed E-state index contributed by atoms with van der Waals surface area (Å²) in [5.41, 5.74) is -14.3. The molecule has 0 saturated carbocycles. The fraction of sp³-hybridized carbons (Fsp3) is 0.547. The van der Waals surface area contributed by atoms with Crippen molar-refractivity contribution in [3.8, 4) is 0 Å². The van der Waals surface area contributed by atoms with Crippen LogP contribution < -0.4 is 27.2 Å². The van der Waals surface area contributed by atoms with Gasteiger partial charge >= 0.3 is 0 Å². The highest BCUT2D eigenvalue weighted by atomic mass is 19.2. The van der Waals surface area contributed by atoms with Crippen molar-refractivity contribution in [1.82, 2.24) is 0 Å². The Balaban J connectivity index is 0.000000432. The molecule has 1 nitrogen and oxygen atoms in total. The van der Waals surface area contributed by atoms with Crippen LogP contribution in [0.15, 0.2) is 0 Å². The van der Waals surface area contributed by atoms with Gasteiger partial charge in [-0.15, -0.1) is 21.9 Å². The summed E-state index contributed by atoms with van der Waals surface area (Å²) in [6.45, 7) is 3.62. The number of hydrogen-bond acceptors (Lipinski definition) is 0. The van der Waals surface area contributed by atoms with Crippen LogP contribution in [-0.4, -0.2) is 19.7 Å². The molecule has 0 spiro atoms. The first-order chi connectivity index (χ1) is 35.6. The van der Waals surface area contributed by atoms with Gasteiger partial charge in [-0.05, 0) is 12.8 Å². The van der Waals surface area contributed by atoms with E-state index >= 15 is 35.1 Å². The molecule has 422 valence electrons. The first-order valence-electron chi connectivity index (χ1n) is 25.6. The zero-order chi connectivity index (χ0) is 56.2. The highest BCUT2D eigenvalue weighted by molar-refractivity contribution is 7.20. The molecule has 4 aromatic rings. The normalized spacial score (nSPS) is 11.8. The fourth-order valence-electron chi connectivity index (χ4n) is 9.54. The Morgan fingerprint density at radius 1 is 0.213 bits per heavy atom. The van der Waals surface area contributed by atoms with Crippen LogP contribution in [0.4, 0.5) is 87.8 Å². The maximum Gasteiger partial charge on any atom is 0.200 e. The van der Waals surface area contributed by atoms with Crippen LogP contribution in [0.3, 0.4) is 0 Å². The van der Waals surface area contributed by atoms with Crippen LogP contribution in [0.5, 0.6) is 0 Å². The van der Waals surface area contributed by atoms with Crippen molar-refractivity contribution >= 4 is 28.0 Å². The van der Waals surface area contributed by atoms with Crippen LogP contribution in [0.2, 0.25) is 0 Å². The molecule has 0 bridgehead atoms. The lowest BCUT2D eigenvalue weighted by atomic mass is 9.12. The van der Waals surface area contributed by atoms with Crippen LogP contribution in [0.1, 0.15) is 174 Å². The molecular weight excluding hydrogens is 1040 g/mol. The molecule has 4 aromatic carbocycles. The average molecular weight is 1100 g/mol. The lowest BCUT2D eigenvalue weighted by Crippen LogP contribution is -2.81. The molecule has 4 rings (SSSR count). The Morgan fingerprint density at radius 2 is 0.347 bits per heavy atom. The molecule has 0 saturated heterocycles. The molecule has 0 aliphatic heterocycles. The number of halogens is 20. The quantitative estimate of drug-likeness (QED) is 0.0170. The van der Waals surface area contributed by atoms with Crippen molar-refractivity contribution < 1.29 is 93.1 Å². The second-order valence-electron chi connectivity index (χ2n) is 18.8. The predicted molar refractivity (Wildman–Crippen MR) is 248 cm³/mol. The SMILES string of the molecule is CCCCCCCCCCCCCCCCCCCCCCCCCCCC[NH2+]C.Fc1c(F)c(F)c([B-](c2c(F)c(F)c(F)c(F)c2F)(c2c(F)c(F)c(F)c(F)c2F)c2c(F)c(F)c(F)c(F)c2F)c(F)c1F. The van der Waals surface area contributed by atoms with Gasteiger partial charge < -0.3 is 5.32 Å². The van der Waals surface area contributed by atoms with Gasteiger partial charge in [-0.2, -0.15) is 0 Å². The van der Waals surface area contributed by atoms with Crippen molar-refractivity contribution in [1.29, 1.82) is 0 Å². The molecule has 22 heteroatoms. The van der Waals surface area contributed by atoms with E-state index in [2.05, 4.69) is 19.3 Å². The number of nitrogens with two attached hydrogens (primary N) is 1. The molecular formula is C53H62BF20N. The minimum atomic E-state index is -7.22. The van der Waals surface area contributed by atoms with E-state index in [9.17, 15) is 52.7 Å². The van der Waals surface area contributed by atoms with Crippen LogP contribution in [0.25, 0.3) is 0 Å². The second-order valence-corrected chi connectivity index (χ2v) is 18.8. The Kier molecular flexibility index (Phi) is 27.3. The summed E-state index contributed by atoms with van der Waals surface area (Å²) < 4.78 is 294. The van der Waals surface area contributed by atoms with Gasteiger partial charge in [0.1, 0.15) is 52.7 Å². The Labute approximate surface area is 424 Å². The topological polar surface area (TPSA) is 16.6 Å². The van der Waals surface area contributed by atoms with E-state index in [1.807, 2.05) is 0 Å². The van der Waals surface area contributed by atoms with E-state index in [0.29, 0.717) is 0 Å². The van der Waals surface area contributed by atoms with Crippen molar-refractivity contribution in [2.75, 3.05) is 13.6 Å². The summed E-state index contributed by atoms with van der Waals surface area (Å²) in [6.07, 6.45) is 31.2. The van der Waals surface area contributed by atoms with E-state index in [1.165, 1.54) is 173 Å². The first kappa shape index (κ1) is 64.8. The maximum atomic E-state index is 15.4. The summed E-state index contributed by atoms with van der Waals surface area (Å²) in [4.78, 5) is 0. The van der Waals surface area contributed by atoms with E-state index in [-0.39, 0.29) is 0 Å². The summed E-state index contributed by atoms with van der Waals surface area (Å²) >= 11 is 0. The lowest BCUT2D eigenvalue weighted by molar-refractivity contribution is -0.627. The number of hydrogen-bond donors (Lipinski definition) is 1.